The second-order valence-electron chi connectivity index (χ2n) is 4.19. The summed E-state index contributed by atoms with van der Waals surface area (Å²) in [7, 11) is 1.88. The monoisotopic (exact) mass is 276 g/mol. The van der Waals surface area contributed by atoms with E-state index in [1.165, 1.54) is 12.1 Å². The molecule has 0 aliphatic rings. The Bertz CT molecular complexity index is 610. The molecule has 0 fully saturated rings. The van der Waals surface area contributed by atoms with E-state index in [1.807, 2.05) is 24.7 Å². The summed E-state index contributed by atoms with van der Waals surface area (Å²) in [6, 6.07) is 2.82. The van der Waals surface area contributed by atoms with E-state index in [-0.39, 0.29) is 5.69 Å². The minimum atomic E-state index is -0.436. The smallest absolute Gasteiger partial charge is 0.276 e. The third-order valence-electron chi connectivity index (χ3n) is 2.73. The number of pyridine rings is 1. The quantitative estimate of drug-likeness (QED) is 0.616. The van der Waals surface area contributed by atoms with Gasteiger partial charge in [-0.05, 0) is 6.92 Å². The molecule has 8 heteroatoms. The largest absolute Gasteiger partial charge is 0.370 e. The number of imidazole rings is 1. The van der Waals surface area contributed by atoms with E-state index < -0.39 is 4.92 Å². The van der Waals surface area contributed by atoms with Crippen molar-refractivity contribution < 1.29 is 4.92 Å². The topological polar surface area (TPSA) is 97.9 Å². The van der Waals surface area contributed by atoms with Crippen LogP contribution >= 0.6 is 0 Å². The first-order valence-electron chi connectivity index (χ1n) is 6.20. The molecule has 0 saturated heterocycles. The molecule has 0 spiro atoms. The molecule has 0 unspecified atom stereocenters. The average Bonchev–Trinajstić information content (AvgIpc) is 2.82. The van der Waals surface area contributed by atoms with Gasteiger partial charge in [0.2, 0.25) is 0 Å². The van der Waals surface area contributed by atoms with Crippen LogP contribution in [0.15, 0.2) is 24.5 Å². The summed E-state index contributed by atoms with van der Waals surface area (Å²) in [4.78, 5) is 18.9. The Balaban J connectivity index is 2.17. The van der Waals surface area contributed by atoms with Crippen molar-refractivity contribution >= 4 is 17.3 Å². The number of nitro groups is 1. The maximum Gasteiger partial charge on any atom is 0.276 e. The average molecular weight is 276 g/mol. The Morgan fingerprint density at radius 1 is 1.35 bits per heavy atom. The fraction of sp³-hybridized carbons (Fsp3) is 0.333. The molecular formula is C12H16N6O2. The number of nitrogens with one attached hydrogen (secondary N) is 2. The van der Waals surface area contributed by atoms with Crippen LogP contribution in [-0.4, -0.2) is 26.0 Å². The normalized spacial score (nSPS) is 10.3. The van der Waals surface area contributed by atoms with E-state index in [9.17, 15) is 10.1 Å². The van der Waals surface area contributed by atoms with Crippen LogP contribution in [0.4, 0.5) is 17.3 Å². The standard InChI is InChI=1S/C12H16N6O2/c1-3-13-10-6-9(18(19)20)7-11(16-10)15-8-12-14-4-5-17(12)2/h4-7H,3,8H2,1-2H3,(H2,13,15,16). The van der Waals surface area contributed by atoms with E-state index in [4.69, 9.17) is 0 Å². The van der Waals surface area contributed by atoms with Gasteiger partial charge in [0.15, 0.2) is 0 Å². The van der Waals surface area contributed by atoms with Gasteiger partial charge in [0, 0.05) is 26.0 Å². The van der Waals surface area contributed by atoms with Crippen molar-refractivity contribution in [3.05, 3.63) is 40.5 Å². The van der Waals surface area contributed by atoms with Crippen molar-refractivity contribution in [2.45, 2.75) is 13.5 Å². The molecule has 0 aromatic carbocycles. The molecular weight excluding hydrogens is 260 g/mol. The van der Waals surface area contributed by atoms with Crippen molar-refractivity contribution in [1.82, 2.24) is 14.5 Å². The highest BCUT2D eigenvalue weighted by molar-refractivity contribution is 5.54. The minimum Gasteiger partial charge on any atom is -0.370 e. The van der Waals surface area contributed by atoms with Crippen molar-refractivity contribution in [1.29, 1.82) is 0 Å². The van der Waals surface area contributed by atoms with Crippen molar-refractivity contribution in [3.63, 3.8) is 0 Å². The van der Waals surface area contributed by atoms with Crippen molar-refractivity contribution in [3.8, 4) is 0 Å². The van der Waals surface area contributed by atoms with Gasteiger partial charge in [-0.2, -0.15) is 0 Å². The van der Waals surface area contributed by atoms with Gasteiger partial charge >= 0.3 is 0 Å². The Labute approximate surface area is 116 Å². The van der Waals surface area contributed by atoms with Crippen LogP contribution in [0, 0.1) is 10.1 Å². The van der Waals surface area contributed by atoms with Gasteiger partial charge in [-0.3, -0.25) is 10.1 Å². The molecule has 0 aliphatic heterocycles. The summed E-state index contributed by atoms with van der Waals surface area (Å²) in [5, 5.41) is 16.9. The Morgan fingerprint density at radius 3 is 2.60 bits per heavy atom. The zero-order valence-corrected chi connectivity index (χ0v) is 11.3. The summed E-state index contributed by atoms with van der Waals surface area (Å²) in [6.45, 7) is 3.00. The molecule has 0 saturated carbocycles. The third kappa shape index (κ3) is 3.22. The molecule has 2 aromatic heterocycles. The number of aryl methyl sites for hydroxylation is 1. The molecule has 2 aromatic rings. The van der Waals surface area contributed by atoms with Gasteiger partial charge in [-0.25, -0.2) is 9.97 Å². The first-order chi connectivity index (χ1) is 9.60. The predicted molar refractivity (Wildman–Crippen MR) is 75.6 cm³/mol. The van der Waals surface area contributed by atoms with Gasteiger partial charge in [-0.1, -0.05) is 0 Å². The zero-order valence-electron chi connectivity index (χ0n) is 11.3. The van der Waals surface area contributed by atoms with E-state index in [1.54, 1.807) is 6.20 Å². The van der Waals surface area contributed by atoms with E-state index in [0.717, 1.165) is 5.82 Å². The molecule has 0 radical (unpaired) electrons. The lowest BCUT2D eigenvalue weighted by Crippen LogP contribution is -2.08. The van der Waals surface area contributed by atoms with Crippen molar-refractivity contribution in [2.24, 2.45) is 7.05 Å². The third-order valence-corrected chi connectivity index (χ3v) is 2.73. The second kappa shape index (κ2) is 6.00. The maximum atomic E-state index is 10.9. The molecule has 106 valence electrons. The van der Waals surface area contributed by atoms with E-state index in [2.05, 4.69) is 20.6 Å². The fourth-order valence-corrected chi connectivity index (χ4v) is 1.72. The lowest BCUT2D eigenvalue weighted by molar-refractivity contribution is -0.384. The number of aromatic nitrogens is 3. The molecule has 2 N–H and O–H groups in total. The number of anilines is 2. The number of nitrogens with zero attached hydrogens (tertiary/aromatic N) is 4. The zero-order chi connectivity index (χ0) is 14.5. The van der Waals surface area contributed by atoms with E-state index in [0.29, 0.717) is 24.7 Å². The fourth-order valence-electron chi connectivity index (χ4n) is 1.72. The van der Waals surface area contributed by atoms with Gasteiger partial charge < -0.3 is 15.2 Å². The van der Waals surface area contributed by atoms with Crippen LogP contribution in [0.25, 0.3) is 0 Å². The van der Waals surface area contributed by atoms with E-state index >= 15 is 0 Å². The summed E-state index contributed by atoms with van der Waals surface area (Å²) in [5.74, 6) is 1.74. The SMILES string of the molecule is CCNc1cc([N+](=O)[O-])cc(NCc2nccn2C)n1. The number of hydrogen-bond donors (Lipinski definition) is 2. The molecule has 0 aliphatic carbocycles. The summed E-state index contributed by atoms with van der Waals surface area (Å²) >= 11 is 0. The molecule has 20 heavy (non-hydrogen) atoms. The van der Waals surface area contributed by atoms with Gasteiger partial charge in [0.1, 0.15) is 17.5 Å². The highest BCUT2D eigenvalue weighted by Gasteiger charge is 2.11. The lowest BCUT2D eigenvalue weighted by atomic mass is 10.3. The Hall–Kier alpha value is -2.64. The number of hydrogen-bond acceptors (Lipinski definition) is 6. The van der Waals surface area contributed by atoms with Gasteiger partial charge in [0.05, 0.1) is 23.6 Å². The van der Waals surface area contributed by atoms with Gasteiger partial charge in [0.25, 0.3) is 5.69 Å². The highest BCUT2D eigenvalue weighted by Crippen LogP contribution is 2.20. The molecule has 2 rings (SSSR count). The lowest BCUT2D eigenvalue weighted by Gasteiger charge is -2.08. The molecule has 8 nitrogen and oxygen atoms in total. The summed E-state index contributed by atoms with van der Waals surface area (Å²) in [6.07, 6.45) is 3.53. The Kier molecular flexibility index (Phi) is 4.14. The first-order valence-corrected chi connectivity index (χ1v) is 6.20. The first kappa shape index (κ1) is 13.8. The van der Waals surface area contributed by atoms with Crippen LogP contribution in [0.5, 0.6) is 0 Å². The molecule has 0 amide bonds. The number of rotatable bonds is 6. The van der Waals surface area contributed by atoms with Crippen LogP contribution in [0.3, 0.4) is 0 Å². The van der Waals surface area contributed by atoms with Crippen LogP contribution in [-0.2, 0) is 13.6 Å². The van der Waals surface area contributed by atoms with Crippen LogP contribution in [0.1, 0.15) is 12.7 Å². The Morgan fingerprint density at radius 2 is 2.05 bits per heavy atom. The summed E-state index contributed by atoms with van der Waals surface area (Å²) in [5.41, 5.74) is -0.00158. The predicted octanol–water partition coefficient (Wildman–Crippen LogP) is 1.77. The van der Waals surface area contributed by atoms with Crippen LogP contribution in [0.2, 0.25) is 0 Å². The van der Waals surface area contributed by atoms with Gasteiger partial charge in [-0.15, -0.1) is 0 Å². The minimum absolute atomic E-state index is 0.00158. The molecule has 2 heterocycles. The molecule has 0 atom stereocenters. The highest BCUT2D eigenvalue weighted by atomic mass is 16.6. The maximum absolute atomic E-state index is 10.9. The summed E-state index contributed by atoms with van der Waals surface area (Å²) < 4.78 is 1.87. The second-order valence-corrected chi connectivity index (χ2v) is 4.19. The molecule has 0 bridgehead atoms. The van der Waals surface area contributed by atoms with Crippen LogP contribution < -0.4 is 10.6 Å². The van der Waals surface area contributed by atoms with Crippen molar-refractivity contribution in [2.75, 3.05) is 17.2 Å².